The van der Waals surface area contributed by atoms with Gasteiger partial charge in [-0.15, -0.1) is 0 Å². The van der Waals surface area contributed by atoms with Gasteiger partial charge in [-0.2, -0.15) is 0 Å². The summed E-state index contributed by atoms with van der Waals surface area (Å²) < 4.78 is 0. The zero-order valence-corrected chi connectivity index (χ0v) is 13.3. The molecule has 0 bridgehead atoms. The van der Waals surface area contributed by atoms with Gasteiger partial charge in [0.15, 0.2) is 0 Å². The molecule has 124 valence electrons. The van der Waals surface area contributed by atoms with E-state index in [1.807, 2.05) is 0 Å². The predicted octanol–water partition coefficient (Wildman–Crippen LogP) is 3.43. The molecular formula is C15H12ClN3O5. The lowest BCUT2D eigenvalue weighted by molar-refractivity contribution is -0.385. The third kappa shape index (κ3) is 3.85. The molecule has 0 spiro atoms. The average Bonchev–Trinajstić information content (AvgIpc) is 2.55. The monoisotopic (exact) mass is 349 g/mol. The van der Waals surface area contributed by atoms with E-state index in [4.69, 9.17) is 11.6 Å². The fourth-order valence-corrected chi connectivity index (χ4v) is 2.25. The predicted molar refractivity (Wildman–Crippen MR) is 87.0 cm³/mol. The molecule has 1 amide bonds. The second-order valence-corrected chi connectivity index (χ2v) is 5.41. The molecule has 0 aliphatic heterocycles. The lowest BCUT2D eigenvalue weighted by Gasteiger charge is -2.18. The van der Waals surface area contributed by atoms with E-state index in [1.165, 1.54) is 54.4 Å². The number of carbonyl (C=O) groups is 1. The molecule has 0 aliphatic carbocycles. The number of non-ortho nitro benzene ring substituents is 2. The molecule has 24 heavy (non-hydrogen) atoms. The van der Waals surface area contributed by atoms with Gasteiger partial charge in [0.2, 0.25) is 0 Å². The lowest BCUT2D eigenvalue weighted by atomic mass is 10.1. The summed E-state index contributed by atoms with van der Waals surface area (Å²) in [5.74, 6) is -0.382. The normalized spacial score (nSPS) is 10.2. The minimum absolute atomic E-state index is 0.0658. The molecule has 9 heteroatoms. The first-order chi connectivity index (χ1) is 11.3. The van der Waals surface area contributed by atoms with E-state index in [2.05, 4.69) is 0 Å². The van der Waals surface area contributed by atoms with Crippen molar-refractivity contribution in [2.75, 3.05) is 7.05 Å². The maximum Gasteiger partial charge on any atom is 0.269 e. The van der Waals surface area contributed by atoms with Crippen LogP contribution < -0.4 is 0 Å². The van der Waals surface area contributed by atoms with Crippen LogP contribution in [0.15, 0.2) is 42.5 Å². The van der Waals surface area contributed by atoms with Crippen LogP contribution in [-0.4, -0.2) is 27.7 Å². The number of hydrogen-bond acceptors (Lipinski definition) is 5. The molecule has 8 nitrogen and oxygen atoms in total. The van der Waals surface area contributed by atoms with Gasteiger partial charge in [-0.05, 0) is 23.8 Å². The second-order valence-electron chi connectivity index (χ2n) is 5.00. The van der Waals surface area contributed by atoms with Crippen molar-refractivity contribution in [3.63, 3.8) is 0 Å². The molecule has 0 radical (unpaired) electrons. The Kier molecular flexibility index (Phi) is 5.10. The van der Waals surface area contributed by atoms with Gasteiger partial charge in [0.1, 0.15) is 0 Å². The number of hydrogen-bond donors (Lipinski definition) is 0. The Morgan fingerprint density at radius 2 is 1.58 bits per heavy atom. The van der Waals surface area contributed by atoms with Crippen molar-refractivity contribution in [3.8, 4) is 0 Å². The minimum Gasteiger partial charge on any atom is -0.337 e. The van der Waals surface area contributed by atoms with Crippen molar-refractivity contribution >= 4 is 28.9 Å². The van der Waals surface area contributed by atoms with E-state index in [1.54, 1.807) is 0 Å². The van der Waals surface area contributed by atoms with Gasteiger partial charge in [-0.25, -0.2) is 0 Å². The molecule has 0 aliphatic rings. The van der Waals surface area contributed by atoms with Crippen LogP contribution in [0.3, 0.4) is 0 Å². The number of nitro benzene ring substituents is 2. The lowest BCUT2D eigenvalue weighted by Crippen LogP contribution is -2.26. The molecule has 0 heterocycles. The summed E-state index contributed by atoms with van der Waals surface area (Å²) in [5.41, 5.74) is 0.467. The number of nitrogens with zero attached hydrogens (tertiary/aromatic N) is 3. The highest BCUT2D eigenvalue weighted by Gasteiger charge is 2.17. The Hall–Kier alpha value is -3.00. The van der Waals surface area contributed by atoms with Crippen molar-refractivity contribution in [2.45, 2.75) is 6.54 Å². The van der Waals surface area contributed by atoms with Crippen LogP contribution in [0.1, 0.15) is 15.9 Å². The zero-order chi connectivity index (χ0) is 17.9. The van der Waals surface area contributed by atoms with E-state index in [9.17, 15) is 25.0 Å². The van der Waals surface area contributed by atoms with Gasteiger partial charge in [0.05, 0.1) is 9.85 Å². The Morgan fingerprint density at radius 1 is 1.04 bits per heavy atom. The molecule has 2 aromatic rings. The van der Waals surface area contributed by atoms with E-state index in [-0.39, 0.29) is 29.4 Å². The molecular weight excluding hydrogens is 338 g/mol. The summed E-state index contributed by atoms with van der Waals surface area (Å²) >= 11 is 6.02. The Bertz CT molecular complexity index is 807. The quantitative estimate of drug-likeness (QED) is 0.607. The number of halogens is 1. The van der Waals surface area contributed by atoms with Crippen molar-refractivity contribution in [3.05, 3.63) is 78.8 Å². The highest BCUT2D eigenvalue weighted by Crippen LogP contribution is 2.23. The number of nitro groups is 2. The molecule has 2 aromatic carbocycles. The molecule has 0 fully saturated rings. The van der Waals surface area contributed by atoms with Crippen LogP contribution in [0, 0.1) is 20.2 Å². The van der Waals surface area contributed by atoms with Crippen molar-refractivity contribution in [2.24, 2.45) is 0 Å². The Balaban J connectivity index is 2.18. The number of amides is 1. The summed E-state index contributed by atoms with van der Waals surface area (Å²) in [5, 5.41) is 21.8. The van der Waals surface area contributed by atoms with Gasteiger partial charge >= 0.3 is 0 Å². The third-order valence-corrected chi connectivity index (χ3v) is 3.69. The highest BCUT2D eigenvalue weighted by molar-refractivity contribution is 6.31. The first-order valence-electron chi connectivity index (χ1n) is 6.72. The standard InChI is InChI=1S/C15H12ClN3O5/c1-17(9-11-8-13(19(23)24)6-7-14(11)16)15(20)10-2-4-12(5-3-10)18(21)22/h2-8H,9H2,1H3. The fraction of sp³-hybridized carbons (Fsp3) is 0.133. The average molecular weight is 350 g/mol. The largest absolute Gasteiger partial charge is 0.337 e. The Labute approximate surface area is 141 Å². The fourth-order valence-electron chi connectivity index (χ4n) is 2.07. The van der Waals surface area contributed by atoms with Crippen LogP contribution in [0.25, 0.3) is 0 Å². The van der Waals surface area contributed by atoms with E-state index in [0.29, 0.717) is 10.6 Å². The highest BCUT2D eigenvalue weighted by atomic mass is 35.5. The van der Waals surface area contributed by atoms with Crippen LogP contribution in [0.2, 0.25) is 5.02 Å². The van der Waals surface area contributed by atoms with Crippen LogP contribution in [-0.2, 0) is 6.54 Å². The summed E-state index contributed by atoms with van der Waals surface area (Å²) in [6.45, 7) is 0.0658. The molecule has 2 rings (SSSR count). The van der Waals surface area contributed by atoms with Crippen molar-refractivity contribution < 1.29 is 14.6 Å². The maximum absolute atomic E-state index is 12.3. The second kappa shape index (κ2) is 7.05. The summed E-state index contributed by atoms with van der Waals surface area (Å²) in [4.78, 5) is 34.0. The molecule has 0 N–H and O–H groups in total. The van der Waals surface area contributed by atoms with Gasteiger partial charge in [0.25, 0.3) is 17.3 Å². The van der Waals surface area contributed by atoms with Crippen molar-refractivity contribution in [1.29, 1.82) is 0 Å². The zero-order valence-electron chi connectivity index (χ0n) is 12.5. The SMILES string of the molecule is CN(Cc1cc([N+](=O)[O-])ccc1Cl)C(=O)c1ccc([N+](=O)[O-])cc1. The molecule has 0 saturated carbocycles. The number of carbonyl (C=O) groups excluding carboxylic acids is 1. The van der Waals surface area contributed by atoms with Crippen molar-refractivity contribution in [1.82, 2.24) is 4.90 Å². The smallest absolute Gasteiger partial charge is 0.269 e. The number of benzene rings is 2. The molecule has 0 unspecified atom stereocenters. The first kappa shape index (κ1) is 17.4. The molecule has 0 saturated heterocycles. The molecule has 0 atom stereocenters. The Morgan fingerprint density at radius 3 is 2.12 bits per heavy atom. The van der Waals surface area contributed by atoms with E-state index in [0.717, 1.165) is 0 Å². The van der Waals surface area contributed by atoms with Gasteiger partial charge in [0, 0.05) is 48.4 Å². The van der Waals surface area contributed by atoms with Gasteiger partial charge in [-0.1, -0.05) is 11.6 Å². The summed E-state index contributed by atoms with van der Waals surface area (Å²) in [6, 6.07) is 9.17. The van der Waals surface area contributed by atoms with E-state index < -0.39 is 9.85 Å². The van der Waals surface area contributed by atoms with Gasteiger partial charge < -0.3 is 4.90 Å². The summed E-state index contributed by atoms with van der Waals surface area (Å²) in [7, 11) is 1.51. The minimum atomic E-state index is -0.555. The maximum atomic E-state index is 12.3. The topological polar surface area (TPSA) is 107 Å². The summed E-state index contributed by atoms with van der Waals surface area (Å²) in [6.07, 6.45) is 0. The van der Waals surface area contributed by atoms with Gasteiger partial charge in [-0.3, -0.25) is 25.0 Å². The molecule has 0 aromatic heterocycles. The third-order valence-electron chi connectivity index (χ3n) is 3.32. The van der Waals surface area contributed by atoms with E-state index >= 15 is 0 Å². The van der Waals surface area contributed by atoms with Crippen LogP contribution in [0.4, 0.5) is 11.4 Å². The van der Waals surface area contributed by atoms with Crippen LogP contribution >= 0.6 is 11.6 Å². The first-order valence-corrected chi connectivity index (χ1v) is 7.10. The van der Waals surface area contributed by atoms with Crippen LogP contribution in [0.5, 0.6) is 0 Å². The number of rotatable bonds is 5.